The lowest BCUT2D eigenvalue weighted by Gasteiger charge is -2.11. The minimum Gasteiger partial charge on any atom is -0.364 e. The average Bonchev–Trinajstić information content (AvgIpc) is 2.15. The molecule has 5 heteroatoms. The Balaban J connectivity index is 4.31. The quantitative estimate of drug-likeness (QED) is 0.364. The van der Waals surface area contributed by atoms with Gasteiger partial charge in [0, 0.05) is 25.9 Å². The Bertz CT molecular complexity index is 213. The zero-order chi connectivity index (χ0) is 10.3. The van der Waals surface area contributed by atoms with Crippen molar-refractivity contribution in [3.8, 4) is 0 Å². The molecule has 0 aromatic rings. The molecule has 0 aromatic carbocycles. The van der Waals surface area contributed by atoms with Gasteiger partial charge in [0.15, 0.2) is 0 Å². The summed E-state index contributed by atoms with van der Waals surface area (Å²) in [5.41, 5.74) is 0.451. The maximum absolute atomic E-state index is 11.0. The van der Waals surface area contributed by atoms with Crippen LogP contribution in [-0.2, 0) is 14.3 Å². The monoisotopic (exact) mass is 186 g/mol. The highest BCUT2D eigenvalue weighted by Gasteiger charge is 2.03. The van der Waals surface area contributed by atoms with Crippen molar-refractivity contribution >= 4 is 12.3 Å². The lowest BCUT2D eigenvalue weighted by atomic mass is 10.3. The Kier molecular flexibility index (Phi) is 5.54. The molecule has 0 heterocycles. The molecule has 0 rings (SSSR count). The number of ether oxygens (including phenoxy) is 1. The number of carbonyl (C=O) groups excluding carboxylic acids is 2. The Morgan fingerprint density at radius 2 is 2.23 bits per heavy atom. The number of hydrogen-bond acceptors (Lipinski definition) is 3. The molecule has 5 nitrogen and oxygen atoms in total. The van der Waals surface area contributed by atoms with Crippen LogP contribution in [0, 0.1) is 0 Å². The molecule has 0 aliphatic rings. The molecule has 0 saturated carbocycles. The molecule has 74 valence electrons. The van der Waals surface area contributed by atoms with Crippen molar-refractivity contribution in [3.63, 3.8) is 0 Å². The second kappa shape index (κ2) is 6.19. The van der Waals surface area contributed by atoms with Gasteiger partial charge in [0.2, 0.25) is 12.3 Å². The second-order valence-corrected chi connectivity index (χ2v) is 2.43. The predicted octanol–water partition coefficient (Wildman–Crippen LogP) is -0.302. The molecule has 0 saturated heterocycles. The zero-order valence-corrected chi connectivity index (χ0v) is 8.03. The summed E-state index contributed by atoms with van der Waals surface area (Å²) in [5.74, 6) is -0.219. The first kappa shape index (κ1) is 11.6. The summed E-state index contributed by atoms with van der Waals surface area (Å²) in [6.07, 6.45) is 2.02. The van der Waals surface area contributed by atoms with Crippen LogP contribution in [0.2, 0.25) is 0 Å². The van der Waals surface area contributed by atoms with E-state index in [9.17, 15) is 9.59 Å². The number of likely N-dealkylation sites (N-methyl/N-ethyl adjacent to an activating group) is 1. The van der Waals surface area contributed by atoms with Crippen LogP contribution in [0.1, 0.15) is 6.92 Å². The number of carbonyl (C=O) groups is 2. The lowest BCUT2D eigenvalue weighted by Crippen LogP contribution is -2.23. The fourth-order valence-electron chi connectivity index (χ4n) is 0.752. The van der Waals surface area contributed by atoms with E-state index >= 15 is 0 Å². The van der Waals surface area contributed by atoms with Gasteiger partial charge in [0.1, 0.15) is 6.73 Å². The van der Waals surface area contributed by atoms with Crippen LogP contribution in [0.25, 0.3) is 0 Å². The fourth-order valence-corrected chi connectivity index (χ4v) is 0.752. The number of methoxy groups -OCH3 is 1. The third-order valence-electron chi connectivity index (χ3n) is 1.36. The van der Waals surface area contributed by atoms with E-state index in [1.807, 2.05) is 0 Å². The van der Waals surface area contributed by atoms with Crippen molar-refractivity contribution in [1.29, 1.82) is 0 Å². The molecule has 0 fully saturated rings. The van der Waals surface area contributed by atoms with Gasteiger partial charge < -0.3 is 10.1 Å². The first-order valence-electron chi connectivity index (χ1n) is 3.76. The van der Waals surface area contributed by atoms with Crippen LogP contribution in [0.5, 0.6) is 0 Å². The molecule has 0 radical (unpaired) electrons. The van der Waals surface area contributed by atoms with Gasteiger partial charge in [0.05, 0.1) is 0 Å². The van der Waals surface area contributed by atoms with E-state index in [4.69, 9.17) is 4.74 Å². The largest absolute Gasteiger partial charge is 0.364 e. The Labute approximate surface area is 77.4 Å². The normalized spacial score (nSPS) is 10.8. The number of amides is 2. The van der Waals surface area contributed by atoms with E-state index in [0.29, 0.717) is 12.0 Å². The average molecular weight is 186 g/mol. The fraction of sp³-hybridized carbons (Fsp3) is 0.500. The summed E-state index contributed by atoms with van der Waals surface area (Å²) >= 11 is 0. The summed E-state index contributed by atoms with van der Waals surface area (Å²) in [5, 5.41) is 2.45. The molecule has 0 aliphatic carbocycles. The molecular formula is C8H14N2O3. The van der Waals surface area contributed by atoms with Crippen LogP contribution < -0.4 is 5.32 Å². The van der Waals surface area contributed by atoms with Gasteiger partial charge in [-0.1, -0.05) is 0 Å². The standard InChI is InChI=1S/C8H14N2O3/c1-7(8(12)9-2)4-10(5-11)6-13-3/h4-5H,6H2,1-3H3,(H,9,12)/b7-4-. The topological polar surface area (TPSA) is 58.6 Å². The van der Waals surface area contributed by atoms with E-state index in [-0.39, 0.29) is 12.6 Å². The number of nitrogens with zero attached hydrogens (tertiary/aromatic N) is 1. The first-order valence-corrected chi connectivity index (χ1v) is 3.76. The van der Waals surface area contributed by atoms with Crippen molar-refractivity contribution in [2.24, 2.45) is 0 Å². The SMILES string of the molecule is CNC(=O)/C(C)=C\N(C=O)COC. The Morgan fingerprint density at radius 3 is 2.62 bits per heavy atom. The van der Waals surface area contributed by atoms with Crippen LogP contribution in [-0.4, -0.2) is 38.1 Å². The minimum absolute atomic E-state index is 0.137. The number of nitrogens with one attached hydrogen (secondary N) is 1. The van der Waals surface area contributed by atoms with Gasteiger partial charge in [-0.15, -0.1) is 0 Å². The lowest BCUT2D eigenvalue weighted by molar-refractivity contribution is -0.119. The minimum atomic E-state index is -0.219. The van der Waals surface area contributed by atoms with E-state index in [1.165, 1.54) is 25.3 Å². The van der Waals surface area contributed by atoms with E-state index < -0.39 is 0 Å². The molecule has 0 spiro atoms. The molecule has 0 unspecified atom stereocenters. The molecule has 0 aliphatic heterocycles. The van der Waals surface area contributed by atoms with Gasteiger partial charge >= 0.3 is 0 Å². The molecule has 0 atom stereocenters. The number of rotatable bonds is 5. The molecule has 0 aromatic heterocycles. The molecule has 1 N–H and O–H groups in total. The van der Waals surface area contributed by atoms with E-state index in [2.05, 4.69) is 5.32 Å². The van der Waals surface area contributed by atoms with E-state index in [1.54, 1.807) is 6.92 Å². The van der Waals surface area contributed by atoms with E-state index in [0.717, 1.165) is 0 Å². The van der Waals surface area contributed by atoms with Crippen molar-refractivity contribution in [2.45, 2.75) is 6.92 Å². The summed E-state index contributed by atoms with van der Waals surface area (Å²) in [6.45, 7) is 1.75. The van der Waals surface area contributed by atoms with Gasteiger partial charge in [-0.2, -0.15) is 0 Å². The first-order chi connectivity index (χ1) is 6.15. The summed E-state index contributed by atoms with van der Waals surface area (Å²) in [6, 6.07) is 0. The van der Waals surface area contributed by atoms with Gasteiger partial charge in [-0.3, -0.25) is 14.5 Å². The van der Waals surface area contributed by atoms with Gasteiger partial charge in [-0.25, -0.2) is 0 Å². The summed E-state index contributed by atoms with van der Waals surface area (Å²) in [7, 11) is 3.00. The van der Waals surface area contributed by atoms with Crippen molar-refractivity contribution < 1.29 is 14.3 Å². The maximum atomic E-state index is 11.0. The molecule has 13 heavy (non-hydrogen) atoms. The zero-order valence-electron chi connectivity index (χ0n) is 8.03. The van der Waals surface area contributed by atoms with Crippen LogP contribution in [0.3, 0.4) is 0 Å². The van der Waals surface area contributed by atoms with Crippen LogP contribution in [0.4, 0.5) is 0 Å². The number of hydrogen-bond donors (Lipinski definition) is 1. The highest BCUT2D eigenvalue weighted by molar-refractivity contribution is 5.92. The summed E-state index contributed by atoms with van der Waals surface area (Å²) < 4.78 is 4.73. The predicted molar refractivity (Wildman–Crippen MR) is 47.6 cm³/mol. The van der Waals surface area contributed by atoms with Gasteiger partial charge in [0.25, 0.3) is 0 Å². The Morgan fingerprint density at radius 1 is 1.62 bits per heavy atom. The van der Waals surface area contributed by atoms with Crippen molar-refractivity contribution in [2.75, 3.05) is 20.9 Å². The van der Waals surface area contributed by atoms with Crippen molar-refractivity contribution in [3.05, 3.63) is 11.8 Å². The molecule has 0 bridgehead atoms. The third kappa shape index (κ3) is 4.27. The van der Waals surface area contributed by atoms with Crippen LogP contribution >= 0.6 is 0 Å². The smallest absolute Gasteiger partial charge is 0.248 e. The Hall–Kier alpha value is -1.36. The highest BCUT2D eigenvalue weighted by atomic mass is 16.5. The van der Waals surface area contributed by atoms with Crippen molar-refractivity contribution in [1.82, 2.24) is 10.2 Å². The summed E-state index contributed by atoms with van der Waals surface area (Å²) in [4.78, 5) is 22.7. The highest BCUT2D eigenvalue weighted by Crippen LogP contribution is 1.95. The van der Waals surface area contributed by atoms with Crippen LogP contribution in [0.15, 0.2) is 11.8 Å². The second-order valence-electron chi connectivity index (χ2n) is 2.43. The molecular weight excluding hydrogens is 172 g/mol. The molecule has 2 amide bonds. The third-order valence-corrected chi connectivity index (χ3v) is 1.36. The van der Waals surface area contributed by atoms with Gasteiger partial charge in [-0.05, 0) is 6.92 Å². The maximum Gasteiger partial charge on any atom is 0.248 e.